The van der Waals surface area contributed by atoms with Gasteiger partial charge in [0.2, 0.25) is 0 Å². The lowest BCUT2D eigenvalue weighted by atomic mass is 10.1. The number of hydrogen-bond donors (Lipinski definition) is 0. The molecular weight excluding hydrogens is 238 g/mol. The average molecular weight is 256 g/mol. The van der Waals surface area contributed by atoms with Gasteiger partial charge in [-0.15, -0.1) is 22.9 Å². The number of hydrogen-bond acceptors (Lipinski definition) is 2. The minimum Gasteiger partial charge on any atom is -0.246 e. The summed E-state index contributed by atoms with van der Waals surface area (Å²) >= 11 is 8.05. The fraction of sp³-hybridized carbons (Fsp3) is 0.615. The van der Waals surface area contributed by atoms with Crippen LogP contribution < -0.4 is 0 Å². The molecule has 16 heavy (non-hydrogen) atoms. The Balaban J connectivity index is 2.08. The predicted octanol–water partition coefficient (Wildman–Crippen LogP) is 4.41. The zero-order chi connectivity index (χ0) is 11.5. The third kappa shape index (κ3) is 3.08. The zero-order valence-corrected chi connectivity index (χ0v) is 11.5. The quantitative estimate of drug-likeness (QED) is 0.564. The Hall–Kier alpha value is -0.340. The standard InChI is InChI=1S/C13H18ClNS/c1-9-10(2)16-13(15-9)8-11-5-3-4-6-12(14)7-11/h7,12H,3-6,8H2,1-2H3. The summed E-state index contributed by atoms with van der Waals surface area (Å²) in [4.78, 5) is 5.93. The molecule has 0 N–H and O–H groups in total. The van der Waals surface area contributed by atoms with Gasteiger partial charge in [-0.3, -0.25) is 0 Å². The second-order valence-electron chi connectivity index (χ2n) is 4.51. The minimum atomic E-state index is 0.236. The fourth-order valence-corrected chi connectivity index (χ4v) is 3.39. The molecular formula is C13H18ClNS. The van der Waals surface area contributed by atoms with Crippen molar-refractivity contribution in [2.75, 3.05) is 0 Å². The normalized spacial score (nSPS) is 21.7. The number of aromatic nitrogens is 1. The maximum atomic E-state index is 6.23. The molecule has 0 spiro atoms. The molecule has 1 aliphatic rings. The first-order valence-electron chi connectivity index (χ1n) is 5.91. The van der Waals surface area contributed by atoms with Crippen molar-refractivity contribution in [1.82, 2.24) is 4.98 Å². The summed E-state index contributed by atoms with van der Waals surface area (Å²) in [5, 5.41) is 1.48. The Bertz CT molecular complexity index is 375. The van der Waals surface area contributed by atoms with E-state index in [2.05, 4.69) is 24.9 Å². The lowest BCUT2D eigenvalue weighted by Gasteiger charge is -2.03. The second-order valence-corrected chi connectivity index (χ2v) is 6.36. The van der Waals surface area contributed by atoms with E-state index < -0.39 is 0 Å². The maximum Gasteiger partial charge on any atom is 0.0971 e. The van der Waals surface area contributed by atoms with E-state index in [-0.39, 0.29) is 5.38 Å². The molecule has 1 nitrogen and oxygen atoms in total. The molecule has 2 rings (SSSR count). The topological polar surface area (TPSA) is 12.9 Å². The fourth-order valence-electron chi connectivity index (χ4n) is 2.07. The van der Waals surface area contributed by atoms with Crippen molar-refractivity contribution in [3.8, 4) is 0 Å². The molecule has 0 bridgehead atoms. The van der Waals surface area contributed by atoms with Crippen molar-refractivity contribution in [1.29, 1.82) is 0 Å². The molecule has 1 aliphatic carbocycles. The molecule has 1 aromatic rings. The van der Waals surface area contributed by atoms with Crippen molar-refractivity contribution in [3.05, 3.63) is 27.2 Å². The Labute approximate surface area is 107 Å². The van der Waals surface area contributed by atoms with E-state index >= 15 is 0 Å². The van der Waals surface area contributed by atoms with Gasteiger partial charge in [-0.05, 0) is 33.1 Å². The van der Waals surface area contributed by atoms with Gasteiger partial charge in [0.25, 0.3) is 0 Å². The maximum absolute atomic E-state index is 6.23. The van der Waals surface area contributed by atoms with Gasteiger partial charge < -0.3 is 0 Å². The highest BCUT2D eigenvalue weighted by Crippen LogP contribution is 2.26. The van der Waals surface area contributed by atoms with Gasteiger partial charge in [-0.25, -0.2) is 4.98 Å². The Morgan fingerprint density at radius 1 is 1.44 bits per heavy atom. The number of rotatable bonds is 2. The highest BCUT2D eigenvalue weighted by atomic mass is 35.5. The molecule has 1 atom stereocenters. The highest BCUT2D eigenvalue weighted by molar-refractivity contribution is 7.11. The van der Waals surface area contributed by atoms with Crippen LogP contribution in [-0.2, 0) is 6.42 Å². The predicted molar refractivity (Wildman–Crippen MR) is 71.5 cm³/mol. The lowest BCUT2D eigenvalue weighted by molar-refractivity contribution is 0.709. The minimum absolute atomic E-state index is 0.236. The van der Waals surface area contributed by atoms with Crippen LogP contribution in [0, 0.1) is 13.8 Å². The van der Waals surface area contributed by atoms with Gasteiger partial charge in [-0.2, -0.15) is 0 Å². The van der Waals surface area contributed by atoms with Crippen molar-refractivity contribution in [2.24, 2.45) is 0 Å². The van der Waals surface area contributed by atoms with Gasteiger partial charge in [0.15, 0.2) is 0 Å². The monoisotopic (exact) mass is 255 g/mol. The first-order chi connectivity index (χ1) is 7.65. The summed E-state index contributed by atoms with van der Waals surface area (Å²) in [5.41, 5.74) is 2.66. The number of nitrogens with zero attached hydrogens (tertiary/aromatic N) is 1. The van der Waals surface area contributed by atoms with E-state index in [0.29, 0.717) is 0 Å². The van der Waals surface area contributed by atoms with Crippen LogP contribution in [0.25, 0.3) is 0 Å². The van der Waals surface area contributed by atoms with Crippen molar-refractivity contribution >= 4 is 22.9 Å². The second kappa shape index (κ2) is 5.33. The van der Waals surface area contributed by atoms with Gasteiger partial charge in [0.1, 0.15) is 0 Å². The first kappa shape index (κ1) is 12.1. The third-order valence-corrected chi connectivity index (χ3v) is 4.51. The van der Waals surface area contributed by atoms with Crippen LogP contribution in [0.1, 0.15) is 41.3 Å². The smallest absolute Gasteiger partial charge is 0.0971 e. The molecule has 0 radical (unpaired) electrons. The SMILES string of the molecule is Cc1nc(CC2=CC(Cl)CCCC2)sc1C. The Kier molecular flexibility index (Phi) is 4.04. The summed E-state index contributed by atoms with van der Waals surface area (Å²) < 4.78 is 0. The van der Waals surface area contributed by atoms with E-state index in [0.717, 1.165) is 12.8 Å². The van der Waals surface area contributed by atoms with Gasteiger partial charge in [0, 0.05) is 11.3 Å². The largest absolute Gasteiger partial charge is 0.246 e. The van der Waals surface area contributed by atoms with Gasteiger partial charge in [-0.1, -0.05) is 18.1 Å². The van der Waals surface area contributed by atoms with Crippen LogP contribution in [0.2, 0.25) is 0 Å². The van der Waals surface area contributed by atoms with E-state index in [1.807, 2.05) is 11.3 Å². The van der Waals surface area contributed by atoms with Gasteiger partial charge >= 0.3 is 0 Å². The van der Waals surface area contributed by atoms with Crippen LogP contribution in [0.3, 0.4) is 0 Å². The van der Waals surface area contributed by atoms with Crippen molar-refractivity contribution in [2.45, 2.75) is 51.3 Å². The molecule has 0 aromatic carbocycles. The van der Waals surface area contributed by atoms with Crippen LogP contribution in [0.15, 0.2) is 11.6 Å². The van der Waals surface area contributed by atoms with Gasteiger partial charge in [0.05, 0.1) is 16.1 Å². The van der Waals surface area contributed by atoms with E-state index in [1.165, 1.54) is 40.4 Å². The van der Waals surface area contributed by atoms with Crippen LogP contribution in [-0.4, -0.2) is 10.4 Å². The highest BCUT2D eigenvalue weighted by Gasteiger charge is 2.12. The number of halogens is 1. The van der Waals surface area contributed by atoms with Crippen LogP contribution in [0.4, 0.5) is 0 Å². The van der Waals surface area contributed by atoms with E-state index in [1.54, 1.807) is 0 Å². The van der Waals surface area contributed by atoms with Crippen molar-refractivity contribution in [3.63, 3.8) is 0 Å². The summed E-state index contributed by atoms with van der Waals surface area (Å²) in [6.45, 7) is 4.23. The van der Waals surface area contributed by atoms with Crippen LogP contribution in [0.5, 0.6) is 0 Å². The molecule has 1 heterocycles. The Morgan fingerprint density at radius 3 is 2.94 bits per heavy atom. The lowest BCUT2D eigenvalue weighted by Crippen LogP contribution is -1.94. The zero-order valence-electron chi connectivity index (χ0n) is 9.92. The molecule has 3 heteroatoms. The average Bonchev–Trinajstić information content (AvgIpc) is 2.43. The summed E-state index contributed by atoms with van der Waals surface area (Å²) in [7, 11) is 0. The van der Waals surface area contributed by atoms with Crippen molar-refractivity contribution < 1.29 is 0 Å². The summed E-state index contributed by atoms with van der Waals surface area (Å²) in [6.07, 6.45) is 8.10. The molecule has 0 saturated carbocycles. The van der Waals surface area contributed by atoms with Crippen LogP contribution >= 0.6 is 22.9 Å². The first-order valence-corrected chi connectivity index (χ1v) is 7.17. The Morgan fingerprint density at radius 2 is 2.25 bits per heavy atom. The molecule has 0 aliphatic heterocycles. The summed E-state index contributed by atoms with van der Waals surface area (Å²) in [6, 6.07) is 0. The number of thiazole rings is 1. The molecule has 0 saturated heterocycles. The molecule has 0 amide bonds. The number of alkyl halides is 1. The third-order valence-electron chi connectivity index (χ3n) is 3.10. The molecule has 1 aromatic heterocycles. The van der Waals surface area contributed by atoms with E-state index in [9.17, 15) is 0 Å². The molecule has 0 fully saturated rings. The molecule has 88 valence electrons. The van der Waals surface area contributed by atoms with E-state index in [4.69, 9.17) is 11.6 Å². The number of allylic oxidation sites excluding steroid dienone is 2. The summed E-state index contributed by atoms with van der Waals surface area (Å²) in [5.74, 6) is 0. The number of aryl methyl sites for hydroxylation is 2. The molecule has 1 unspecified atom stereocenters.